The molecule has 0 saturated carbocycles. The van der Waals surface area contributed by atoms with Crippen molar-refractivity contribution in [3.05, 3.63) is 144 Å². The van der Waals surface area contributed by atoms with Crippen molar-refractivity contribution in [1.29, 1.82) is 0 Å². The molecule has 0 N–H and O–H groups in total. The van der Waals surface area contributed by atoms with E-state index < -0.39 is 0 Å². The Morgan fingerprint density at radius 3 is 2.35 bits per heavy atom. The summed E-state index contributed by atoms with van der Waals surface area (Å²) in [7, 11) is 0. The molecular formula is C43H31NOS. The highest BCUT2D eigenvalue weighted by Crippen LogP contribution is 2.55. The quantitative estimate of drug-likeness (QED) is 0.198. The Balaban J connectivity index is 1.33. The second-order valence-electron chi connectivity index (χ2n) is 13.2. The molecule has 3 heteroatoms. The summed E-state index contributed by atoms with van der Waals surface area (Å²) >= 11 is 1.86. The Kier molecular flexibility index (Phi) is 5.37. The monoisotopic (exact) mass is 609 g/mol. The zero-order chi connectivity index (χ0) is 30.6. The van der Waals surface area contributed by atoms with E-state index in [0.717, 1.165) is 35.6 Å². The average Bonchev–Trinajstić information content (AvgIpc) is 3.73. The van der Waals surface area contributed by atoms with E-state index in [9.17, 15) is 0 Å². The number of benzene rings is 6. The number of fused-ring (bicyclic) bond motifs is 11. The maximum absolute atomic E-state index is 6.65. The van der Waals surface area contributed by atoms with Crippen LogP contribution in [0.25, 0.3) is 59.1 Å². The van der Waals surface area contributed by atoms with Crippen LogP contribution >= 0.6 is 11.3 Å². The smallest absolute Gasteiger partial charge is 0.137 e. The number of thiophene rings is 1. The molecule has 0 saturated heterocycles. The molecule has 2 aliphatic rings. The number of furan rings is 1. The van der Waals surface area contributed by atoms with Crippen molar-refractivity contribution < 1.29 is 4.42 Å². The summed E-state index contributed by atoms with van der Waals surface area (Å²) in [4.78, 5) is 2.50. The molecule has 0 radical (unpaired) electrons. The topological polar surface area (TPSA) is 16.4 Å². The lowest BCUT2D eigenvalue weighted by Gasteiger charge is -2.30. The van der Waals surface area contributed by atoms with E-state index in [1.807, 2.05) is 11.3 Å². The summed E-state index contributed by atoms with van der Waals surface area (Å²) in [6, 6.07) is 42.8. The molecule has 0 aliphatic heterocycles. The van der Waals surface area contributed by atoms with Crippen molar-refractivity contribution >= 4 is 76.4 Å². The van der Waals surface area contributed by atoms with Crippen molar-refractivity contribution in [3.63, 3.8) is 0 Å². The zero-order valence-corrected chi connectivity index (χ0v) is 26.6. The molecule has 0 spiro atoms. The fourth-order valence-corrected chi connectivity index (χ4v) is 9.28. The molecular weight excluding hydrogens is 579 g/mol. The molecule has 0 atom stereocenters. The SMILES string of the molecule is CC1(C)c2ccccc2-c2c(N(c3ccc4sc5ccccc5c4c3)c3cc4oc5c(c4c4ccccc34)CCC=C5)cccc21. The standard InChI is InChI=1S/C43H31NOS/c1-43(2)33-17-8-5-15-30(33)42-34(43)18-11-19-35(42)44(26-22-23-40-32(24-26)28-13-7-10-21-39(28)46-40)36-25-38-41(29-14-4-3-12-27(29)36)31-16-6-9-20-37(31)45-38/h3-5,7-15,17-25H,6,16H2,1-2H3. The highest BCUT2D eigenvalue weighted by Gasteiger charge is 2.38. The average molecular weight is 610 g/mol. The fraction of sp³-hybridized carbons (Fsp3) is 0.116. The number of aryl methyl sites for hydroxylation is 1. The van der Waals surface area contributed by atoms with Crippen LogP contribution in [0.1, 0.15) is 42.7 Å². The maximum Gasteiger partial charge on any atom is 0.137 e. The van der Waals surface area contributed by atoms with Gasteiger partial charge in [-0.3, -0.25) is 0 Å². The van der Waals surface area contributed by atoms with Gasteiger partial charge in [-0.1, -0.05) is 98.8 Å². The summed E-state index contributed by atoms with van der Waals surface area (Å²) in [5, 5.41) is 6.32. The molecule has 2 aliphatic carbocycles. The summed E-state index contributed by atoms with van der Waals surface area (Å²) in [5.74, 6) is 0.998. The predicted octanol–water partition coefficient (Wildman–Crippen LogP) is 12.7. The second kappa shape index (κ2) is 9.45. The van der Waals surface area contributed by atoms with Gasteiger partial charge in [0.1, 0.15) is 11.3 Å². The lowest BCUT2D eigenvalue weighted by Crippen LogP contribution is -2.16. The van der Waals surface area contributed by atoms with Gasteiger partial charge < -0.3 is 9.32 Å². The molecule has 220 valence electrons. The van der Waals surface area contributed by atoms with Gasteiger partial charge in [0.2, 0.25) is 0 Å². The van der Waals surface area contributed by atoms with Crippen molar-refractivity contribution in [1.82, 2.24) is 0 Å². The molecule has 6 aromatic carbocycles. The minimum absolute atomic E-state index is 0.0977. The van der Waals surface area contributed by atoms with Crippen LogP contribution < -0.4 is 4.90 Å². The lowest BCUT2D eigenvalue weighted by molar-refractivity contribution is 0.595. The molecule has 46 heavy (non-hydrogen) atoms. The second-order valence-corrected chi connectivity index (χ2v) is 14.3. The third-order valence-electron chi connectivity index (χ3n) is 10.3. The first-order chi connectivity index (χ1) is 22.6. The largest absolute Gasteiger partial charge is 0.456 e. The minimum atomic E-state index is -0.0977. The minimum Gasteiger partial charge on any atom is -0.456 e. The molecule has 0 fully saturated rings. The van der Waals surface area contributed by atoms with Crippen LogP contribution in [-0.2, 0) is 11.8 Å². The summed E-state index contributed by atoms with van der Waals surface area (Å²) < 4.78 is 9.27. The van der Waals surface area contributed by atoms with Gasteiger partial charge in [-0.05, 0) is 71.3 Å². The summed E-state index contributed by atoms with van der Waals surface area (Å²) in [6.07, 6.45) is 6.44. The zero-order valence-electron chi connectivity index (χ0n) is 25.8. The van der Waals surface area contributed by atoms with Crippen LogP contribution in [0.15, 0.2) is 126 Å². The molecule has 8 aromatic rings. The first kappa shape index (κ1) is 26.1. The summed E-state index contributed by atoms with van der Waals surface area (Å²) in [5.41, 5.74) is 11.0. The molecule has 10 rings (SSSR count). The number of nitrogens with zero attached hydrogens (tertiary/aromatic N) is 1. The lowest BCUT2D eigenvalue weighted by atomic mass is 9.82. The molecule has 2 heterocycles. The molecule has 0 unspecified atom stereocenters. The van der Waals surface area contributed by atoms with Gasteiger partial charge in [0.25, 0.3) is 0 Å². The van der Waals surface area contributed by atoms with E-state index in [4.69, 9.17) is 4.42 Å². The van der Waals surface area contributed by atoms with Gasteiger partial charge in [0, 0.05) is 59.2 Å². The summed E-state index contributed by atoms with van der Waals surface area (Å²) in [6.45, 7) is 4.72. The van der Waals surface area contributed by atoms with Crippen molar-refractivity contribution in [3.8, 4) is 11.1 Å². The van der Waals surface area contributed by atoms with Crippen LogP contribution in [-0.4, -0.2) is 0 Å². The number of anilines is 3. The van der Waals surface area contributed by atoms with E-state index in [1.54, 1.807) is 0 Å². The van der Waals surface area contributed by atoms with E-state index in [2.05, 4.69) is 146 Å². The van der Waals surface area contributed by atoms with Gasteiger partial charge in [-0.25, -0.2) is 0 Å². The number of allylic oxidation sites excluding steroid dienone is 1. The molecule has 0 bridgehead atoms. The number of hydrogen-bond donors (Lipinski definition) is 0. The normalized spacial score (nSPS) is 14.7. The van der Waals surface area contributed by atoms with Gasteiger partial charge in [-0.15, -0.1) is 11.3 Å². The van der Waals surface area contributed by atoms with E-state index in [-0.39, 0.29) is 5.41 Å². The van der Waals surface area contributed by atoms with E-state index in [0.29, 0.717) is 0 Å². The van der Waals surface area contributed by atoms with Crippen LogP contribution in [0, 0.1) is 0 Å². The molecule has 2 nitrogen and oxygen atoms in total. The van der Waals surface area contributed by atoms with Crippen LogP contribution in [0.3, 0.4) is 0 Å². The van der Waals surface area contributed by atoms with Crippen molar-refractivity contribution in [2.75, 3.05) is 4.90 Å². The van der Waals surface area contributed by atoms with Crippen LogP contribution in [0.4, 0.5) is 17.1 Å². The van der Waals surface area contributed by atoms with Crippen LogP contribution in [0.2, 0.25) is 0 Å². The Morgan fingerprint density at radius 1 is 0.674 bits per heavy atom. The molecule has 0 amide bonds. The fourth-order valence-electron chi connectivity index (χ4n) is 8.19. The maximum atomic E-state index is 6.65. The third-order valence-corrected chi connectivity index (χ3v) is 11.5. The Labute approximate surface area is 271 Å². The number of rotatable bonds is 3. The van der Waals surface area contributed by atoms with Crippen LogP contribution in [0.5, 0.6) is 0 Å². The molecule has 2 aromatic heterocycles. The van der Waals surface area contributed by atoms with Gasteiger partial charge in [-0.2, -0.15) is 0 Å². The van der Waals surface area contributed by atoms with Gasteiger partial charge >= 0.3 is 0 Å². The Hall–Kier alpha value is -5.12. The predicted molar refractivity (Wildman–Crippen MR) is 196 cm³/mol. The highest BCUT2D eigenvalue weighted by molar-refractivity contribution is 7.25. The van der Waals surface area contributed by atoms with Crippen molar-refractivity contribution in [2.45, 2.75) is 32.1 Å². The first-order valence-corrected chi connectivity index (χ1v) is 17.0. The third kappa shape index (κ3) is 3.52. The first-order valence-electron chi connectivity index (χ1n) is 16.2. The van der Waals surface area contributed by atoms with Gasteiger partial charge in [0.15, 0.2) is 0 Å². The van der Waals surface area contributed by atoms with E-state index in [1.165, 1.54) is 69.8 Å². The highest BCUT2D eigenvalue weighted by atomic mass is 32.1. The number of hydrogen-bond acceptors (Lipinski definition) is 3. The van der Waals surface area contributed by atoms with Crippen molar-refractivity contribution in [2.24, 2.45) is 0 Å². The van der Waals surface area contributed by atoms with Gasteiger partial charge in [0.05, 0.1) is 11.4 Å². The Morgan fingerprint density at radius 2 is 1.43 bits per heavy atom. The van der Waals surface area contributed by atoms with E-state index >= 15 is 0 Å². The Bertz CT molecular complexity index is 2580.